The Morgan fingerprint density at radius 1 is 1.21 bits per heavy atom. The first-order valence-electron chi connectivity index (χ1n) is 6.80. The lowest BCUT2D eigenvalue weighted by Gasteiger charge is -2.36. The van der Waals surface area contributed by atoms with Crippen molar-refractivity contribution in [2.75, 3.05) is 0 Å². The van der Waals surface area contributed by atoms with E-state index in [2.05, 4.69) is 6.58 Å². The number of rotatable bonds is 5. The molecule has 108 valence electrons. The van der Waals surface area contributed by atoms with Crippen LogP contribution in [0.5, 0.6) is 0 Å². The molecule has 4 nitrogen and oxygen atoms in total. The number of carbonyl (C=O) groups excluding carboxylic acids is 2. The standard InChI is InChI=1S/C15H24O4/c1-10(2)14(17)18-13(12-8-6-7-9-12)15(4,5)19-11(3)16/h12-13H,1,6-9H2,2-5H3. The molecule has 1 rings (SSSR count). The Hall–Kier alpha value is -1.32. The van der Waals surface area contributed by atoms with Crippen LogP contribution in [-0.4, -0.2) is 23.6 Å². The van der Waals surface area contributed by atoms with Crippen LogP contribution in [0.3, 0.4) is 0 Å². The summed E-state index contributed by atoms with van der Waals surface area (Å²) in [5.41, 5.74) is -0.451. The second-order valence-corrected chi connectivity index (χ2v) is 5.85. The molecule has 1 aliphatic rings. The number of hydrogen-bond donors (Lipinski definition) is 0. The van der Waals surface area contributed by atoms with Gasteiger partial charge in [-0.1, -0.05) is 19.4 Å². The minimum Gasteiger partial charge on any atom is -0.456 e. The largest absolute Gasteiger partial charge is 0.456 e. The van der Waals surface area contributed by atoms with E-state index in [1.165, 1.54) is 6.92 Å². The van der Waals surface area contributed by atoms with Crippen molar-refractivity contribution in [1.82, 2.24) is 0 Å². The molecule has 0 aromatic heterocycles. The van der Waals surface area contributed by atoms with Crippen LogP contribution in [0, 0.1) is 5.92 Å². The zero-order chi connectivity index (χ0) is 14.6. The van der Waals surface area contributed by atoms with Crippen LogP contribution in [0.15, 0.2) is 12.2 Å². The van der Waals surface area contributed by atoms with Gasteiger partial charge in [-0.05, 0) is 39.5 Å². The molecule has 1 unspecified atom stereocenters. The summed E-state index contributed by atoms with van der Waals surface area (Å²) in [6, 6.07) is 0. The molecule has 0 heterocycles. The summed E-state index contributed by atoms with van der Waals surface area (Å²) in [4.78, 5) is 23.0. The van der Waals surface area contributed by atoms with Crippen molar-refractivity contribution in [2.45, 2.75) is 65.1 Å². The second kappa shape index (κ2) is 6.22. The quantitative estimate of drug-likeness (QED) is 0.568. The van der Waals surface area contributed by atoms with Gasteiger partial charge in [0, 0.05) is 12.5 Å². The van der Waals surface area contributed by atoms with Crippen molar-refractivity contribution in [3.8, 4) is 0 Å². The predicted octanol–water partition coefficient (Wildman–Crippen LogP) is 3.01. The van der Waals surface area contributed by atoms with E-state index in [1.807, 2.05) is 0 Å². The lowest BCUT2D eigenvalue weighted by atomic mass is 9.88. The van der Waals surface area contributed by atoms with E-state index >= 15 is 0 Å². The highest BCUT2D eigenvalue weighted by Gasteiger charge is 2.42. The molecular weight excluding hydrogens is 244 g/mol. The molecule has 4 heteroatoms. The summed E-state index contributed by atoms with van der Waals surface area (Å²) in [7, 11) is 0. The number of ether oxygens (including phenoxy) is 2. The van der Waals surface area contributed by atoms with Crippen molar-refractivity contribution in [1.29, 1.82) is 0 Å². The Labute approximate surface area is 115 Å². The van der Waals surface area contributed by atoms with Gasteiger partial charge in [0.15, 0.2) is 0 Å². The molecule has 0 bridgehead atoms. The van der Waals surface area contributed by atoms with E-state index in [9.17, 15) is 9.59 Å². The fraction of sp³-hybridized carbons (Fsp3) is 0.733. The maximum atomic E-state index is 11.8. The van der Waals surface area contributed by atoms with Gasteiger partial charge >= 0.3 is 11.9 Å². The Bertz CT molecular complexity index is 364. The van der Waals surface area contributed by atoms with Gasteiger partial charge < -0.3 is 9.47 Å². The summed E-state index contributed by atoms with van der Waals surface area (Å²) in [6.07, 6.45) is 3.84. The van der Waals surface area contributed by atoms with Gasteiger partial charge in [0.25, 0.3) is 0 Å². The lowest BCUT2D eigenvalue weighted by Crippen LogP contribution is -2.47. The summed E-state index contributed by atoms with van der Waals surface area (Å²) < 4.78 is 10.9. The van der Waals surface area contributed by atoms with Gasteiger partial charge in [0.2, 0.25) is 0 Å². The third-order valence-electron chi connectivity index (χ3n) is 3.50. The fourth-order valence-corrected chi connectivity index (χ4v) is 2.71. The molecule has 1 aliphatic carbocycles. The Morgan fingerprint density at radius 2 is 1.74 bits per heavy atom. The first-order valence-corrected chi connectivity index (χ1v) is 6.80. The molecule has 0 aromatic carbocycles. The van der Waals surface area contributed by atoms with Crippen LogP contribution in [0.4, 0.5) is 0 Å². The molecule has 0 amide bonds. The molecule has 0 aromatic rings. The first kappa shape index (κ1) is 15.7. The van der Waals surface area contributed by atoms with E-state index < -0.39 is 17.7 Å². The third-order valence-corrected chi connectivity index (χ3v) is 3.50. The van der Waals surface area contributed by atoms with Gasteiger partial charge in [-0.25, -0.2) is 4.79 Å². The predicted molar refractivity (Wildman–Crippen MR) is 72.5 cm³/mol. The Balaban J connectivity index is 2.87. The SMILES string of the molecule is C=C(C)C(=O)OC(C1CCCC1)C(C)(C)OC(C)=O. The fourth-order valence-electron chi connectivity index (χ4n) is 2.71. The zero-order valence-corrected chi connectivity index (χ0v) is 12.3. The first-order chi connectivity index (χ1) is 8.74. The van der Waals surface area contributed by atoms with Crippen molar-refractivity contribution in [3.05, 3.63) is 12.2 Å². The molecule has 19 heavy (non-hydrogen) atoms. The zero-order valence-electron chi connectivity index (χ0n) is 12.3. The maximum absolute atomic E-state index is 11.8. The van der Waals surface area contributed by atoms with Crippen LogP contribution in [0.2, 0.25) is 0 Å². The molecular formula is C15H24O4. The summed E-state index contributed by atoms with van der Waals surface area (Å²) >= 11 is 0. The summed E-state index contributed by atoms with van der Waals surface area (Å²) in [5.74, 6) is -0.533. The highest BCUT2D eigenvalue weighted by atomic mass is 16.6. The van der Waals surface area contributed by atoms with Gasteiger partial charge in [-0.15, -0.1) is 0 Å². The van der Waals surface area contributed by atoms with Crippen molar-refractivity contribution < 1.29 is 19.1 Å². The van der Waals surface area contributed by atoms with E-state index in [1.54, 1.807) is 20.8 Å². The topological polar surface area (TPSA) is 52.6 Å². The third kappa shape index (κ3) is 4.37. The monoisotopic (exact) mass is 268 g/mol. The van der Waals surface area contributed by atoms with Crippen LogP contribution in [-0.2, 0) is 19.1 Å². The van der Waals surface area contributed by atoms with Crippen molar-refractivity contribution in [3.63, 3.8) is 0 Å². The van der Waals surface area contributed by atoms with Gasteiger partial charge in [0.05, 0.1) is 0 Å². The van der Waals surface area contributed by atoms with Gasteiger partial charge in [-0.2, -0.15) is 0 Å². The molecule has 0 saturated heterocycles. The number of esters is 2. The van der Waals surface area contributed by atoms with Crippen molar-refractivity contribution in [2.24, 2.45) is 5.92 Å². The van der Waals surface area contributed by atoms with E-state index in [0.717, 1.165) is 25.7 Å². The van der Waals surface area contributed by atoms with Crippen molar-refractivity contribution >= 4 is 11.9 Å². The normalized spacial score (nSPS) is 17.9. The number of hydrogen-bond acceptors (Lipinski definition) is 4. The maximum Gasteiger partial charge on any atom is 0.333 e. The second-order valence-electron chi connectivity index (χ2n) is 5.85. The van der Waals surface area contributed by atoms with E-state index in [4.69, 9.17) is 9.47 Å². The molecule has 1 fully saturated rings. The van der Waals surface area contributed by atoms with E-state index in [0.29, 0.717) is 5.57 Å². The summed E-state index contributed by atoms with van der Waals surface area (Å²) in [5, 5.41) is 0. The smallest absolute Gasteiger partial charge is 0.333 e. The van der Waals surface area contributed by atoms with Gasteiger partial charge in [-0.3, -0.25) is 4.79 Å². The minimum absolute atomic E-state index is 0.248. The molecule has 0 spiro atoms. The molecule has 0 N–H and O–H groups in total. The van der Waals surface area contributed by atoms with E-state index in [-0.39, 0.29) is 11.9 Å². The molecule has 1 atom stereocenters. The average molecular weight is 268 g/mol. The molecule has 0 aliphatic heterocycles. The average Bonchev–Trinajstić information content (AvgIpc) is 2.75. The minimum atomic E-state index is -0.814. The summed E-state index contributed by atoms with van der Waals surface area (Å²) in [6.45, 7) is 10.2. The molecule has 1 saturated carbocycles. The Morgan fingerprint density at radius 3 is 2.16 bits per heavy atom. The molecule has 0 radical (unpaired) electrons. The highest BCUT2D eigenvalue weighted by Crippen LogP contribution is 2.36. The van der Waals surface area contributed by atoms with Crippen LogP contribution >= 0.6 is 0 Å². The highest BCUT2D eigenvalue weighted by molar-refractivity contribution is 5.87. The van der Waals surface area contributed by atoms with Gasteiger partial charge in [0.1, 0.15) is 11.7 Å². The lowest BCUT2D eigenvalue weighted by molar-refractivity contribution is -0.183. The van der Waals surface area contributed by atoms with Crippen LogP contribution in [0.1, 0.15) is 53.4 Å². The van der Waals surface area contributed by atoms with Crippen LogP contribution < -0.4 is 0 Å². The van der Waals surface area contributed by atoms with Crippen LogP contribution in [0.25, 0.3) is 0 Å². The Kier molecular flexibility index (Phi) is 5.15. The number of carbonyl (C=O) groups is 2.